The number of hydrogen-bond acceptors (Lipinski definition) is 8. The number of aromatic nitrogens is 1. The molecule has 162 valence electrons. The number of amides is 1. The summed E-state index contributed by atoms with van der Waals surface area (Å²) in [6, 6.07) is 11.3. The zero-order valence-corrected chi connectivity index (χ0v) is 18.9. The lowest BCUT2D eigenvalue weighted by Crippen LogP contribution is -2.29. The van der Waals surface area contributed by atoms with Gasteiger partial charge in [0.25, 0.3) is 5.91 Å². The Bertz CT molecular complexity index is 1030. The number of ether oxygens (including phenoxy) is 2. The monoisotopic (exact) mass is 456 g/mol. The third-order valence-corrected chi connectivity index (χ3v) is 6.75. The van der Waals surface area contributed by atoms with E-state index in [0.717, 1.165) is 33.7 Å². The van der Waals surface area contributed by atoms with E-state index in [1.807, 2.05) is 23.6 Å². The number of nitrogens with one attached hydrogen (secondary N) is 1. The highest BCUT2D eigenvalue weighted by Crippen LogP contribution is 2.35. The molecule has 1 aliphatic rings. The number of thiazole rings is 1. The Labute approximate surface area is 189 Å². The van der Waals surface area contributed by atoms with Gasteiger partial charge in [0.1, 0.15) is 5.69 Å². The van der Waals surface area contributed by atoms with Crippen LogP contribution >= 0.6 is 22.7 Å². The van der Waals surface area contributed by atoms with E-state index in [0.29, 0.717) is 11.5 Å². The first-order valence-corrected chi connectivity index (χ1v) is 11.8. The van der Waals surface area contributed by atoms with E-state index in [1.54, 1.807) is 48.1 Å². The van der Waals surface area contributed by atoms with Crippen LogP contribution in [0.1, 0.15) is 24.1 Å². The molecule has 0 bridgehead atoms. The van der Waals surface area contributed by atoms with Crippen molar-refractivity contribution in [3.63, 3.8) is 0 Å². The molecule has 31 heavy (non-hydrogen) atoms. The zero-order chi connectivity index (χ0) is 21.5. The SMILES string of the molecule is COc1ccccc1OCC(=O)NN=Cc1sc(N2CCCCC2)nc1-c1cccs1. The van der Waals surface area contributed by atoms with Gasteiger partial charge < -0.3 is 14.4 Å². The van der Waals surface area contributed by atoms with Crippen LogP contribution in [0.3, 0.4) is 0 Å². The summed E-state index contributed by atoms with van der Waals surface area (Å²) in [5.74, 6) is 0.743. The fourth-order valence-corrected chi connectivity index (χ4v) is 5.09. The standard InChI is InChI=1S/C22H24N4O3S2/c1-28-16-8-3-4-9-17(16)29-15-20(27)25-23-14-19-21(18-10-7-13-30-18)24-22(31-19)26-11-5-2-6-12-26/h3-4,7-10,13-14H,2,5-6,11-12,15H2,1H3,(H,25,27). The molecule has 0 saturated carbocycles. The second-order valence-corrected chi connectivity index (χ2v) is 8.92. The normalized spacial score (nSPS) is 14.0. The van der Waals surface area contributed by atoms with E-state index >= 15 is 0 Å². The van der Waals surface area contributed by atoms with Gasteiger partial charge in [0, 0.05) is 13.1 Å². The first kappa shape index (κ1) is 21.3. The highest BCUT2D eigenvalue weighted by molar-refractivity contribution is 7.18. The highest BCUT2D eigenvalue weighted by Gasteiger charge is 2.19. The summed E-state index contributed by atoms with van der Waals surface area (Å²) in [6.07, 6.45) is 5.33. The second-order valence-electron chi connectivity index (χ2n) is 6.97. The van der Waals surface area contributed by atoms with Crippen molar-refractivity contribution in [3.8, 4) is 22.1 Å². The second kappa shape index (κ2) is 10.4. The van der Waals surface area contributed by atoms with Gasteiger partial charge >= 0.3 is 0 Å². The van der Waals surface area contributed by atoms with Gasteiger partial charge in [-0.1, -0.05) is 29.5 Å². The third-order valence-electron chi connectivity index (χ3n) is 4.82. The molecule has 1 N–H and O–H groups in total. The molecule has 0 spiro atoms. The van der Waals surface area contributed by atoms with Gasteiger partial charge in [-0.2, -0.15) is 5.10 Å². The molecule has 3 heterocycles. The quantitative estimate of drug-likeness (QED) is 0.402. The van der Waals surface area contributed by atoms with E-state index in [4.69, 9.17) is 14.5 Å². The number of para-hydroxylation sites is 2. The lowest BCUT2D eigenvalue weighted by molar-refractivity contribution is -0.123. The molecule has 3 aromatic rings. The number of carbonyl (C=O) groups is 1. The number of thiophene rings is 1. The Hall–Kier alpha value is -2.91. The van der Waals surface area contributed by atoms with Crippen LogP contribution in [0.25, 0.3) is 10.6 Å². The van der Waals surface area contributed by atoms with Crippen molar-refractivity contribution in [3.05, 3.63) is 46.7 Å². The minimum absolute atomic E-state index is 0.156. The summed E-state index contributed by atoms with van der Waals surface area (Å²) in [4.78, 5) is 21.4. The summed E-state index contributed by atoms with van der Waals surface area (Å²) >= 11 is 3.25. The third kappa shape index (κ3) is 5.42. The Morgan fingerprint density at radius 3 is 2.74 bits per heavy atom. The fourth-order valence-electron chi connectivity index (χ4n) is 3.29. The predicted molar refractivity (Wildman–Crippen MR) is 126 cm³/mol. The Kier molecular flexibility index (Phi) is 7.16. The van der Waals surface area contributed by atoms with Crippen molar-refractivity contribution in [1.82, 2.24) is 10.4 Å². The molecule has 0 aliphatic carbocycles. The predicted octanol–water partition coefficient (Wildman–Crippen LogP) is 4.40. The van der Waals surface area contributed by atoms with Crippen LogP contribution in [0.2, 0.25) is 0 Å². The van der Waals surface area contributed by atoms with Gasteiger partial charge in [0.2, 0.25) is 0 Å². The topological polar surface area (TPSA) is 76.1 Å². The van der Waals surface area contributed by atoms with Crippen LogP contribution in [-0.4, -0.2) is 43.9 Å². The maximum Gasteiger partial charge on any atom is 0.277 e. The van der Waals surface area contributed by atoms with Crippen LogP contribution in [0.4, 0.5) is 5.13 Å². The number of hydrazone groups is 1. The molecule has 4 rings (SSSR count). The van der Waals surface area contributed by atoms with Crippen LogP contribution in [0.5, 0.6) is 11.5 Å². The average molecular weight is 457 g/mol. The summed E-state index contributed by atoms with van der Waals surface area (Å²) in [7, 11) is 1.56. The number of anilines is 1. The Morgan fingerprint density at radius 2 is 2.00 bits per heavy atom. The van der Waals surface area contributed by atoms with Crippen LogP contribution in [-0.2, 0) is 4.79 Å². The van der Waals surface area contributed by atoms with Crippen molar-refractivity contribution < 1.29 is 14.3 Å². The molecule has 1 fully saturated rings. The van der Waals surface area contributed by atoms with E-state index in [-0.39, 0.29) is 12.5 Å². The maximum atomic E-state index is 12.2. The van der Waals surface area contributed by atoms with Gasteiger partial charge in [0.15, 0.2) is 23.2 Å². The number of methoxy groups -OCH3 is 1. The Morgan fingerprint density at radius 1 is 1.19 bits per heavy atom. The first-order valence-electron chi connectivity index (χ1n) is 10.1. The number of rotatable bonds is 8. The zero-order valence-electron chi connectivity index (χ0n) is 17.2. The van der Waals surface area contributed by atoms with Crippen molar-refractivity contribution in [2.75, 3.05) is 31.7 Å². The molecule has 0 radical (unpaired) electrons. The molecule has 0 atom stereocenters. The van der Waals surface area contributed by atoms with Gasteiger partial charge in [-0.25, -0.2) is 10.4 Å². The molecule has 0 unspecified atom stereocenters. The molecule has 2 aromatic heterocycles. The van der Waals surface area contributed by atoms with Crippen LogP contribution in [0, 0.1) is 0 Å². The van der Waals surface area contributed by atoms with Crippen LogP contribution in [0.15, 0.2) is 46.9 Å². The van der Waals surface area contributed by atoms with Gasteiger partial charge in [-0.05, 0) is 42.8 Å². The summed E-state index contributed by atoms with van der Waals surface area (Å²) in [6.45, 7) is 1.91. The Balaban J connectivity index is 1.41. The number of carbonyl (C=O) groups excluding carboxylic acids is 1. The number of piperidine rings is 1. The molecular formula is C22H24N4O3S2. The van der Waals surface area contributed by atoms with E-state index < -0.39 is 0 Å². The molecule has 1 saturated heterocycles. The summed E-state index contributed by atoms with van der Waals surface area (Å²) < 4.78 is 10.8. The molecule has 9 heteroatoms. The minimum atomic E-state index is -0.347. The van der Waals surface area contributed by atoms with Crippen molar-refractivity contribution in [1.29, 1.82) is 0 Å². The van der Waals surface area contributed by atoms with Gasteiger partial charge in [-0.15, -0.1) is 11.3 Å². The first-order chi connectivity index (χ1) is 15.2. The summed E-state index contributed by atoms with van der Waals surface area (Å²) in [5, 5.41) is 7.19. The lowest BCUT2D eigenvalue weighted by atomic mass is 10.1. The number of benzene rings is 1. The number of nitrogens with zero attached hydrogens (tertiary/aromatic N) is 3. The largest absolute Gasteiger partial charge is 0.493 e. The lowest BCUT2D eigenvalue weighted by Gasteiger charge is -2.25. The smallest absolute Gasteiger partial charge is 0.277 e. The maximum absolute atomic E-state index is 12.2. The van der Waals surface area contributed by atoms with Crippen LogP contribution < -0.4 is 19.8 Å². The molecule has 1 aromatic carbocycles. The van der Waals surface area contributed by atoms with Crippen molar-refractivity contribution in [2.24, 2.45) is 5.10 Å². The molecule has 1 amide bonds. The fraction of sp³-hybridized carbons (Fsp3) is 0.318. The molecular weight excluding hydrogens is 432 g/mol. The average Bonchev–Trinajstić information content (AvgIpc) is 3.48. The molecule has 7 nitrogen and oxygen atoms in total. The van der Waals surface area contributed by atoms with Gasteiger partial charge in [0.05, 0.1) is 23.1 Å². The van der Waals surface area contributed by atoms with E-state index in [1.165, 1.54) is 19.3 Å². The minimum Gasteiger partial charge on any atom is -0.493 e. The van der Waals surface area contributed by atoms with Crippen molar-refractivity contribution in [2.45, 2.75) is 19.3 Å². The van der Waals surface area contributed by atoms with Crippen molar-refractivity contribution >= 4 is 39.9 Å². The molecule has 1 aliphatic heterocycles. The van der Waals surface area contributed by atoms with E-state index in [9.17, 15) is 4.79 Å². The van der Waals surface area contributed by atoms with E-state index in [2.05, 4.69) is 21.5 Å². The highest BCUT2D eigenvalue weighted by atomic mass is 32.1. The van der Waals surface area contributed by atoms with Gasteiger partial charge in [-0.3, -0.25) is 4.79 Å². The number of hydrogen-bond donors (Lipinski definition) is 1. The summed E-state index contributed by atoms with van der Waals surface area (Å²) in [5.41, 5.74) is 3.44.